The topological polar surface area (TPSA) is 48.4 Å². The van der Waals surface area contributed by atoms with Gasteiger partial charge in [-0.15, -0.1) is 0 Å². The number of aromatic nitrogens is 1. The quantitative estimate of drug-likeness (QED) is 0.790. The van der Waals surface area contributed by atoms with Gasteiger partial charge in [0.05, 0.1) is 14.2 Å². The van der Waals surface area contributed by atoms with Crippen LogP contribution in [0.1, 0.15) is 21.6 Å². The maximum atomic E-state index is 12.5. The van der Waals surface area contributed by atoms with Gasteiger partial charge in [-0.05, 0) is 31.2 Å². The van der Waals surface area contributed by atoms with Crippen molar-refractivity contribution in [1.29, 1.82) is 0 Å². The molecule has 0 aliphatic rings. The van der Waals surface area contributed by atoms with Gasteiger partial charge in [-0.2, -0.15) is 0 Å². The van der Waals surface area contributed by atoms with E-state index >= 15 is 0 Å². The predicted molar refractivity (Wildman–Crippen MR) is 72.0 cm³/mol. The number of aryl methyl sites for hydroxylation is 1. The molecular formula is C15H15NO3. The Bertz CT molecular complexity index is 586. The van der Waals surface area contributed by atoms with Gasteiger partial charge in [-0.25, -0.2) is 0 Å². The first-order chi connectivity index (χ1) is 9.15. The fourth-order valence-corrected chi connectivity index (χ4v) is 1.82. The van der Waals surface area contributed by atoms with E-state index in [0.29, 0.717) is 28.3 Å². The molecule has 0 spiro atoms. The molecule has 2 rings (SSSR count). The number of carbonyl (C=O) groups excluding carboxylic acids is 1. The Morgan fingerprint density at radius 2 is 1.74 bits per heavy atom. The molecule has 0 atom stereocenters. The smallest absolute Gasteiger partial charge is 0.195 e. The molecular weight excluding hydrogens is 242 g/mol. The SMILES string of the molecule is COc1cc(OC)cc(C(=O)c2cccnc2C)c1. The van der Waals surface area contributed by atoms with Crippen LogP contribution in [-0.4, -0.2) is 25.0 Å². The monoisotopic (exact) mass is 257 g/mol. The molecule has 0 saturated heterocycles. The van der Waals surface area contributed by atoms with E-state index in [1.54, 1.807) is 50.7 Å². The lowest BCUT2D eigenvalue weighted by atomic mass is 10.0. The number of nitrogens with zero attached hydrogens (tertiary/aromatic N) is 1. The Labute approximate surface area is 112 Å². The number of ketones is 1. The fourth-order valence-electron chi connectivity index (χ4n) is 1.82. The van der Waals surface area contributed by atoms with Gasteiger partial charge in [-0.3, -0.25) is 9.78 Å². The zero-order chi connectivity index (χ0) is 13.8. The van der Waals surface area contributed by atoms with Gasteiger partial charge in [0, 0.05) is 29.1 Å². The molecule has 0 aliphatic carbocycles. The summed E-state index contributed by atoms with van der Waals surface area (Å²) in [6.07, 6.45) is 1.66. The van der Waals surface area contributed by atoms with E-state index in [2.05, 4.69) is 4.98 Å². The Balaban J connectivity index is 2.47. The van der Waals surface area contributed by atoms with Crippen LogP contribution in [0.5, 0.6) is 11.5 Å². The third kappa shape index (κ3) is 2.73. The van der Waals surface area contributed by atoms with E-state index in [9.17, 15) is 4.79 Å². The van der Waals surface area contributed by atoms with Crippen LogP contribution in [-0.2, 0) is 0 Å². The van der Waals surface area contributed by atoms with E-state index < -0.39 is 0 Å². The lowest BCUT2D eigenvalue weighted by Crippen LogP contribution is -2.05. The molecule has 2 aromatic rings. The number of carbonyl (C=O) groups is 1. The summed E-state index contributed by atoms with van der Waals surface area (Å²) in [4.78, 5) is 16.6. The number of rotatable bonds is 4. The molecule has 1 aromatic heterocycles. The number of benzene rings is 1. The lowest BCUT2D eigenvalue weighted by molar-refractivity contribution is 0.103. The minimum atomic E-state index is -0.0946. The van der Waals surface area contributed by atoms with Crippen LogP contribution in [0.25, 0.3) is 0 Å². The molecule has 1 aromatic carbocycles. The van der Waals surface area contributed by atoms with E-state index in [1.165, 1.54) is 0 Å². The highest BCUT2D eigenvalue weighted by Crippen LogP contribution is 2.24. The second-order valence-electron chi connectivity index (χ2n) is 4.07. The summed E-state index contributed by atoms with van der Waals surface area (Å²) in [6.45, 7) is 1.81. The van der Waals surface area contributed by atoms with E-state index in [4.69, 9.17) is 9.47 Å². The minimum Gasteiger partial charge on any atom is -0.497 e. The number of pyridine rings is 1. The van der Waals surface area contributed by atoms with Crippen molar-refractivity contribution in [1.82, 2.24) is 4.98 Å². The van der Waals surface area contributed by atoms with Gasteiger partial charge >= 0.3 is 0 Å². The number of methoxy groups -OCH3 is 2. The summed E-state index contributed by atoms with van der Waals surface area (Å²) in [6, 6.07) is 8.62. The van der Waals surface area contributed by atoms with Crippen LogP contribution in [0, 0.1) is 6.92 Å². The van der Waals surface area contributed by atoms with Crippen molar-refractivity contribution >= 4 is 5.78 Å². The predicted octanol–water partition coefficient (Wildman–Crippen LogP) is 2.64. The zero-order valence-corrected chi connectivity index (χ0v) is 11.1. The summed E-state index contributed by atoms with van der Waals surface area (Å²) in [5, 5.41) is 0. The number of hydrogen-bond acceptors (Lipinski definition) is 4. The van der Waals surface area contributed by atoms with Crippen molar-refractivity contribution in [3.05, 3.63) is 53.3 Å². The minimum absolute atomic E-state index is 0.0946. The summed E-state index contributed by atoms with van der Waals surface area (Å²) < 4.78 is 10.3. The van der Waals surface area contributed by atoms with Crippen LogP contribution in [0.2, 0.25) is 0 Å². The van der Waals surface area contributed by atoms with Crippen LogP contribution in [0.4, 0.5) is 0 Å². The second kappa shape index (κ2) is 5.52. The summed E-state index contributed by atoms with van der Waals surface area (Å²) in [5.74, 6) is 1.08. The molecule has 0 N–H and O–H groups in total. The van der Waals surface area contributed by atoms with Crippen LogP contribution < -0.4 is 9.47 Å². The average Bonchev–Trinajstić information content (AvgIpc) is 2.46. The summed E-state index contributed by atoms with van der Waals surface area (Å²) >= 11 is 0. The van der Waals surface area contributed by atoms with Crippen molar-refractivity contribution in [2.24, 2.45) is 0 Å². The Hall–Kier alpha value is -2.36. The molecule has 0 unspecified atom stereocenters. The van der Waals surface area contributed by atoms with Gasteiger partial charge in [0.2, 0.25) is 0 Å². The Morgan fingerprint density at radius 3 is 2.26 bits per heavy atom. The summed E-state index contributed by atoms with van der Waals surface area (Å²) in [7, 11) is 3.11. The molecule has 19 heavy (non-hydrogen) atoms. The third-order valence-electron chi connectivity index (χ3n) is 2.87. The summed E-state index contributed by atoms with van der Waals surface area (Å²) in [5.41, 5.74) is 1.80. The first-order valence-electron chi connectivity index (χ1n) is 5.85. The highest BCUT2D eigenvalue weighted by atomic mass is 16.5. The molecule has 4 heteroatoms. The van der Waals surface area contributed by atoms with E-state index in [1.807, 2.05) is 6.92 Å². The maximum Gasteiger partial charge on any atom is 0.195 e. The second-order valence-corrected chi connectivity index (χ2v) is 4.07. The Morgan fingerprint density at radius 1 is 1.11 bits per heavy atom. The molecule has 0 aliphatic heterocycles. The van der Waals surface area contributed by atoms with Crippen molar-refractivity contribution in [3.8, 4) is 11.5 Å². The fraction of sp³-hybridized carbons (Fsp3) is 0.200. The van der Waals surface area contributed by atoms with Crippen molar-refractivity contribution < 1.29 is 14.3 Å². The van der Waals surface area contributed by atoms with Gasteiger partial charge < -0.3 is 9.47 Å². The number of hydrogen-bond donors (Lipinski definition) is 0. The highest BCUT2D eigenvalue weighted by molar-refractivity contribution is 6.10. The molecule has 0 amide bonds. The van der Waals surface area contributed by atoms with Crippen LogP contribution in [0.15, 0.2) is 36.5 Å². The zero-order valence-electron chi connectivity index (χ0n) is 11.1. The van der Waals surface area contributed by atoms with Gasteiger partial charge in [0.1, 0.15) is 11.5 Å². The third-order valence-corrected chi connectivity index (χ3v) is 2.87. The van der Waals surface area contributed by atoms with Crippen molar-refractivity contribution in [2.75, 3.05) is 14.2 Å². The molecule has 0 radical (unpaired) electrons. The average molecular weight is 257 g/mol. The van der Waals surface area contributed by atoms with Crippen molar-refractivity contribution in [3.63, 3.8) is 0 Å². The molecule has 0 saturated carbocycles. The van der Waals surface area contributed by atoms with E-state index in [-0.39, 0.29) is 5.78 Å². The van der Waals surface area contributed by atoms with E-state index in [0.717, 1.165) is 0 Å². The molecule has 4 nitrogen and oxygen atoms in total. The van der Waals surface area contributed by atoms with Crippen LogP contribution in [0.3, 0.4) is 0 Å². The molecule has 98 valence electrons. The molecule has 0 bridgehead atoms. The Kier molecular flexibility index (Phi) is 3.80. The molecule has 1 heterocycles. The van der Waals surface area contributed by atoms with Gasteiger partial charge in [0.15, 0.2) is 5.78 Å². The van der Waals surface area contributed by atoms with Gasteiger partial charge in [0.25, 0.3) is 0 Å². The maximum absolute atomic E-state index is 12.5. The normalized spacial score (nSPS) is 10.1. The lowest BCUT2D eigenvalue weighted by Gasteiger charge is -2.08. The number of ether oxygens (including phenoxy) is 2. The van der Waals surface area contributed by atoms with Crippen molar-refractivity contribution in [2.45, 2.75) is 6.92 Å². The van der Waals surface area contributed by atoms with Crippen LogP contribution >= 0.6 is 0 Å². The largest absolute Gasteiger partial charge is 0.497 e. The standard InChI is InChI=1S/C15H15NO3/c1-10-14(5-4-6-16-10)15(17)11-7-12(18-2)9-13(8-11)19-3/h4-9H,1-3H3. The highest BCUT2D eigenvalue weighted by Gasteiger charge is 2.14. The first kappa shape index (κ1) is 13.1. The first-order valence-corrected chi connectivity index (χ1v) is 5.85. The van der Waals surface area contributed by atoms with Gasteiger partial charge in [-0.1, -0.05) is 0 Å². The molecule has 0 fully saturated rings.